The molecule has 1 atom stereocenters. The van der Waals surface area contributed by atoms with Gasteiger partial charge in [-0.25, -0.2) is 4.98 Å². The first kappa shape index (κ1) is 16.0. The highest BCUT2D eigenvalue weighted by Crippen LogP contribution is 2.32. The number of hydrogen-bond acceptors (Lipinski definition) is 4. The van der Waals surface area contributed by atoms with E-state index in [-0.39, 0.29) is 11.9 Å². The molecule has 0 radical (unpaired) electrons. The van der Waals surface area contributed by atoms with Crippen LogP contribution in [0.5, 0.6) is 0 Å². The van der Waals surface area contributed by atoms with Gasteiger partial charge in [0.1, 0.15) is 0 Å². The molecule has 1 aliphatic carbocycles. The van der Waals surface area contributed by atoms with Crippen LogP contribution in [0.3, 0.4) is 0 Å². The predicted molar refractivity (Wildman–Crippen MR) is 89.0 cm³/mol. The Morgan fingerprint density at radius 1 is 1.39 bits per heavy atom. The third-order valence-corrected chi connectivity index (χ3v) is 4.29. The number of oxazole rings is 1. The van der Waals surface area contributed by atoms with Crippen LogP contribution in [0.1, 0.15) is 25.2 Å². The van der Waals surface area contributed by atoms with E-state index in [4.69, 9.17) is 21.8 Å². The lowest BCUT2D eigenvalue weighted by molar-refractivity contribution is -0.121. The molecule has 23 heavy (non-hydrogen) atoms. The maximum atomic E-state index is 12.0. The third kappa shape index (κ3) is 4.33. The number of nitrogens with zero attached hydrogens (tertiary/aromatic N) is 1. The van der Waals surface area contributed by atoms with Gasteiger partial charge in [-0.1, -0.05) is 11.6 Å². The summed E-state index contributed by atoms with van der Waals surface area (Å²) in [6, 6.07) is 7.47. The van der Waals surface area contributed by atoms with E-state index in [0.717, 1.165) is 18.4 Å². The maximum absolute atomic E-state index is 12.0. The summed E-state index contributed by atoms with van der Waals surface area (Å²) in [5.41, 5.74) is 6.60. The minimum Gasteiger partial charge on any atom is -0.441 e. The quantitative estimate of drug-likeness (QED) is 0.816. The molecular formula is C17H20ClN3O2. The number of halogens is 1. The molecule has 0 spiro atoms. The average Bonchev–Trinajstić information content (AvgIpc) is 3.29. The lowest BCUT2D eigenvalue weighted by atomic mass is 10.1. The molecule has 1 saturated carbocycles. The lowest BCUT2D eigenvalue weighted by Gasteiger charge is -2.15. The first-order valence-electron chi connectivity index (χ1n) is 7.86. The van der Waals surface area contributed by atoms with Crippen LogP contribution in [-0.2, 0) is 11.2 Å². The number of aryl methyl sites for hydroxylation is 1. The van der Waals surface area contributed by atoms with Crippen LogP contribution >= 0.6 is 11.6 Å². The Bertz CT molecular complexity index is 665. The molecule has 1 aromatic heterocycles. The first-order chi connectivity index (χ1) is 11.2. The summed E-state index contributed by atoms with van der Waals surface area (Å²) in [5.74, 6) is 1.79. The van der Waals surface area contributed by atoms with Crippen LogP contribution in [-0.4, -0.2) is 23.5 Å². The van der Waals surface area contributed by atoms with Gasteiger partial charge in [0.15, 0.2) is 11.7 Å². The molecule has 3 rings (SSSR count). The van der Waals surface area contributed by atoms with Crippen molar-refractivity contribution in [1.82, 2.24) is 10.3 Å². The number of nitrogens with one attached hydrogen (secondary N) is 1. The molecule has 1 fully saturated rings. The fourth-order valence-corrected chi connectivity index (χ4v) is 2.67. The average molecular weight is 334 g/mol. The van der Waals surface area contributed by atoms with Gasteiger partial charge in [0.25, 0.3) is 0 Å². The number of hydrogen-bond donors (Lipinski definition) is 2. The zero-order valence-electron chi connectivity index (χ0n) is 12.8. The second-order valence-electron chi connectivity index (χ2n) is 5.87. The molecule has 0 saturated heterocycles. The molecular weight excluding hydrogens is 314 g/mol. The van der Waals surface area contributed by atoms with E-state index in [2.05, 4.69) is 10.3 Å². The summed E-state index contributed by atoms with van der Waals surface area (Å²) in [6.45, 7) is 0.496. The molecule has 1 amide bonds. The van der Waals surface area contributed by atoms with E-state index in [0.29, 0.717) is 42.0 Å². The van der Waals surface area contributed by atoms with Crippen LogP contribution < -0.4 is 11.1 Å². The van der Waals surface area contributed by atoms with Gasteiger partial charge in [0.2, 0.25) is 5.91 Å². The van der Waals surface area contributed by atoms with E-state index in [1.54, 1.807) is 18.3 Å². The summed E-state index contributed by atoms with van der Waals surface area (Å²) in [5, 5.41) is 3.67. The van der Waals surface area contributed by atoms with Crippen molar-refractivity contribution in [3.63, 3.8) is 0 Å². The normalized spacial score (nSPS) is 15.4. The highest BCUT2D eigenvalue weighted by molar-refractivity contribution is 6.30. The SMILES string of the molecule is NCC(NC(=O)CCc1ncc(-c2ccc(Cl)cc2)o1)C1CC1. The molecule has 6 heteroatoms. The Hall–Kier alpha value is -1.85. The second-order valence-corrected chi connectivity index (χ2v) is 6.31. The highest BCUT2D eigenvalue weighted by atomic mass is 35.5. The Morgan fingerprint density at radius 3 is 2.78 bits per heavy atom. The molecule has 122 valence electrons. The van der Waals surface area contributed by atoms with E-state index < -0.39 is 0 Å². The Balaban J connectivity index is 1.52. The number of carbonyl (C=O) groups is 1. The van der Waals surface area contributed by atoms with Crippen molar-refractivity contribution in [3.8, 4) is 11.3 Å². The highest BCUT2D eigenvalue weighted by Gasteiger charge is 2.31. The van der Waals surface area contributed by atoms with Crippen molar-refractivity contribution in [3.05, 3.63) is 41.4 Å². The van der Waals surface area contributed by atoms with Gasteiger partial charge in [-0.3, -0.25) is 4.79 Å². The van der Waals surface area contributed by atoms with Crippen molar-refractivity contribution in [2.24, 2.45) is 11.7 Å². The van der Waals surface area contributed by atoms with Gasteiger partial charge >= 0.3 is 0 Å². The minimum atomic E-state index is -0.00130. The van der Waals surface area contributed by atoms with Gasteiger partial charge in [0, 0.05) is 36.0 Å². The van der Waals surface area contributed by atoms with Crippen molar-refractivity contribution in [2.75, 3.05) is 6.54 Å². The molecule has 1 unspecified atom stereocenters. The van der Waals surface area contributed by atoms with Crippen LogP contribution in [0.4, 0.5) is 0 Å². The molecule has 0 aliphatic heterocycles. The summed E-state index contributed by atoms with van der Waals surface area (Å²) < 4.78 is 5.69. The van der Waals surface area contributed by atoms with Crippen molar-refractivity contribution in [2.45, 2.75) is 31.7 Å². The topological polar surface area (TPSA) is 81.1 Å². The summed E-state index contributed by atoms with van der Waals surface area (Å²) in [7, 11) is 0. The predicted octanol–water partition coefficient (Wildman–Crippen LogP) is 2.78. The molecule has 3 N–H and O–H groups in total. The second kappa shape index (κ2) is 7.15. The van der Waals surface area contributed by atoms with Gasteiger partial charge < -0.3 is 15.5 Å². The first-order valence-corrected chi connectivity index (χ1v) is 8.23. The Kier molecular flexibility index (Phi) is 4.98. The maximum Gasteiger partial charge on any atom is 0.220 e. The smallest absolute Gasteiger partial charge is 0.220 e. The zero-order chi connectivity index (χ0) is 16.2. The van der Waals surface area contributed by atoms with Crippen molar-refractivity contribution in [1.29, 1.82) is 0 Å². The van der Waals surface area contributed by atoms with Crippen molar-refractivity contribution < 1.29 is 9.21 Å². The summed E-state index contributed by atoms with van der Waals surface area (Å²) in [4.78, 5) is 16.2. The van der Waals surface area contributed by atoms with Crippen molar-refractivity contribution >= 4 is 17.5 Å². The van der Waals surface area contributed by atoms with E-state index >= 15 is 0 Å². The zero-order valence-corrected chi connectivity index (χ0v) is 13.6. The summed E-state index contributed by atoms with van der Waals surface area (Å²) >= 11 is 5.87. The fraction of sp³-hybridized carbons (Fsp3) is 0.412. The lowest BCUT2D eigenvalue weighted by Crippen LogP contribution is -2.41. The number of aromatic nitrogens is 1. The van der Waals surface area contributed by atoms with Crippen LogP contribution in [0.2, 0.25) is 5.02 Å². The minimum absolute atomic E-state index is 0.00130. The fourth-order valence-electron chi connectivity index (χ4n) is 2.54. The number of rotatable bonds is 7. The number of amides is 1. The molecule has 0 bridgehead atoms. The third-order valence-electron chi connectivity index (χ3n) is 4.04. The Morgan fingerprint density at radius 2 is 2.13 bits per heavy atom. The number of benzene rings is 1. The van der Waals surface area contributed by atoms with E-state index in [1.807, 2.05) is 12.1 Å². The molecule has 1 heterocycles. The van der Waals surface area contributed by atoms with E-state index in [9.17, 15) is 4.79 Å². The molecule has 1 aromatic carbocycles. The molecule has 2 aromatic rings. The number of nitrogens with two attached hydrogens (primary N) is 1. The van der Waals surface area contributed by atoms with Crippen LogP contribution in [0.15, 0.2) is 34.9 Å². The van der Waals surface area contributed by atoms with E-state index in [1.165, 1.54) is 0 Å². The van der Waals surface area contributed by atoms with Crippen LogP contribution in [0, 0.1) is 5.92 Å². The van der Waals surface area contributed by atoms with Crippen LogP contribution in [0.25, 0.3) is 11.3 Å². The molecule has 1 aliphatic rings. The van der Waals surface area contributed by atoms with Gasteiger partial charge in [-0.2, -0.15) is 0 Å². The number of carbonyl (C=O) groups excluding carboxylic acids is 1. The summed E-state index contributed by atoms with van der Waals surface area (Å²) in [6.07, 6.45) is 4.81. The van der Waals surface area contributed by atoms with Gasteiger partial charge in [-0.15, -0.1) is 0 Å². The standard InChI is InChI=1S/C17H20ClN3O2/c18-13-5-3-12(4-6-13)15-10-20-17(23-15)8-7-16(22)21-14(9-19)11-1-2-11/h3-6,10-11,14H,1-2,7-9,19H2,(H,21,22). The van der Waals surface area contributed by atoms with Gasteiger partial charge in [-0.05, 0) is 43.0 Å². The Labute approximate surface area is 140 Å². The van der Waals surface area contributed by atoms with Gasteiger partial charge in [0.05, 0.1) is 6.20 Å². The molecule has 5 nitrogen and oxygen atoms in total. The largest absolute Gasteiger partial charge is 0.441 e. The monoisotopic (exact) mass is 333 g/mol.